The maximum absolute atomic E-state index is 12.8. The van der Waals surface area contributed by atoms with Gasteiger partial charge in [-0.05, 0) is 54.7 Å². The van der Waals surface area contributed by atoms with Crippen molar-refractivity contribution in [2.75, 3.05) is 0 Å². The van der Waals surface area contributed by atoms with Crippen molar-refractivity contribution in [3.63, 3.8) is 0 Å². The molecule has 0 unspecified atom stereocenters. The lowest BCUT2D eigenvalue weighted by atomic mass is 10.1. The Morgan fingerprint density at radius 1 is 1.00 bits per heavy atom. The molecule has 7 heteroatoms. The highest BCUT2D eigenvalue weighted by Crippen LogP contribution is 2.22. The zero-order valence-electron chi connectivity index (χ0n) is 14.2. The largest absolute Gasteiger partial charge is 0.352 e. The highest BCUT2D eigenvalue weighted by atomic mass is 32.2. The fourth-order valence-electron chi connectivity index (χ4n) is 2.47. The Balaban J connectivity index is 1.46. The third-order valence-electron chi connectivity index (χ3n) is 4.18. The van der Waals surface area contributed by atoms with Crippen LogP contribution < -0.4 is 10.0 Å². The van der Waals surface area contributed by atoms with Gasteiger partial charge in [-0.15, -0.1) is 0 Å². The lowest BCUT2D eigenvalue weighted by Crippen LogP contribution is -2.26. The molecule has 0 radical (unpaired) electrons. The van der Waals surface area contributed by atoms with Crippen molar-refractivity contribution in [3.8, 4) is 0 Å². The van der Waals surface area contributed by atoms with Gasteiger partial charge in [0.05, 0.1) is 4.90 Å². The van der Waals surface area contributed by atoms with Crippen molar-refractivity contribution < 1.29 is 17.6 Å². The average molecular weight is 376 g/mol. The maximum atomic E-state index is 12.8. The monoisotopic (exact) mass is 376 g/mol. The second-order valence-corrected chi connectivity index (χ2v) is 8.16. The van der Waals surface area contributed by atoms with Gasteiger partial charge in [0.1, 0.15) is 5.82 Å². The van der Waals surface area contributed by atoms with E-state index in [2.05, 4.69) is 10.0 Å². The van der Waals surface area contributed by atoms with Crippen molar-refractivity contribution in [3.05, 3.63) is 65.5 Å². The van der Waals surface area contributed by atoms with Crippen molar-refractivity contribution in [2.45, 2.75) is 43.2 Å². The van der Waals surface area contributed by atoms with Gasteiger partial charge in [0, 0.05) is 19.0 Å². The summed E-state index contributed by atoms with van der Waals surface area (Å²) >= 11 is 0. The van der Waals surface area contributed by atoms with E-state index >= 15 is 0 Å². The molecule has 2 aromatic carbocycles. The summed E-state index contributed by atoms with van der Waals surface area (Å²) in [6.07, 6.45) is 2.63. The Bertz CT molecular complexity index is 861. The fourth-order valence-corrected chi connectivity index (χ4v) is 3.78. The molecule has 1 fully saturated rings. The molecule has 1 aliphatic carbocycles. The molecular formula is C19H21FN2O3S. The SMILES string of the molecule is O=C(CCc1ccc(F)cc1)NCc1ccc(S(=O)(=O)NC2CC2)cc1. The third kappa shape index (κ3) is 5.37. The summed E-state index contributed by atoms with van der Waals surface area (Å²) in [6.45, 7) is 0.332. The van der Waals surface area contributed by atoms with Crippen LogP contribution >= 0.6 is 0 Å². The molecule has 138 valence electrons. The number of carbonyl (C=O) groups excluding carboxylic acids is 1. The standard InChI is InChI=1S/C19H21FN2O3S/c20-16-6-1-14(2-7-16)5-12-19(23)21-13-15-3-10-18(11-4-15)26(24,25)22-17-8-9-17/h1-4,6-7,10-11,17,22H,5,8-9,12-13H2,(H,21,23). The van der Waals surface area contributed by atoms with Gasteiger partial charge in [-0.1, -0.05) is 24.3 Å². The minimum absolute atomic E-state index is 0.0695. The van der Waals surface area contributed by atoms with Crippen LogP contribution in [0.3, 0.4) is 0 Å². The number of sulfonamides is 1. The first-order valence-electron chi connectivity index (χ1n) is 8.55. The first kappa shape index (κ1) is 18.5. The normalized spacial score (nSPS) is 14.2. The average Bonchev–Trinajstić information content (AvgIpc) is 3.43. The fraction of sp³-hybridized carbons (Fsp3) is 0.316. The van der Waals surface area contributed by atoms with E-state index in [4.69, 9.17) is 0 Å². The molecular weight excluding hydrogens is 355 g/mol. The minimum Gasteiger partial charge on any atom is -0.352 e. The van der Waals surface area contributed by atoms with Crippen LogP contribution in [0.1, 0.15) is 30.4 Å². The molecule has 0 spiro atoms. The van der Waals surface area contributed by atoms with Gasteiger partial charge in [0.2, 0.25) is 15.9 Å². The summed E-state index contributed by atoms with van der Waals surface area (Å²) < 4.78 is 39.7. The summed E-state index contributed by atoms with van der Waals surface area (Å²) in [5.74, 6) is -0.405. The lowest BCUT2D eigenvalue weighted by Gasteiger charge is -2.08. The molecule has 0 atom stereocenters. The van der Waals surface area contributed by atoms with Crippen LogP contribution in [-0.4, -0.2) is 20.4 Å². The van der Waals surface area contributed by atoms with Crippen molar-refractivity contribution in [1.82, 2.24) is 10.0 Å². The molecule has 5 nitrogen and oxygen atoms in total. The van der Waals surface area contributed by atoms with Crippen LogP contribution in [0.4, 0.5) is 4.39 Å². The number of benzene rings is 2. The summed E-state index contributed by atoms with van der Waals surface area (Å²) in [6, 6.07) is 12.6. The van der Waals surface area contributed by atoms with E-state index in [1.807, 2.05) is 0 Å². The predicted octanol–water partition coefficient (Wildman–Crippen LogP) is 2.52. The second kappa shape index (κ2) is 7.97. The van der Waals surface area contributed by atoms with Gasteiger partial charge in [0.15, 0.2) is 0 Å². The van der Waals surface area contributed by atoms with E-state index in [0.29, 0.717) is 19.4 Å². The number of rotatable bonds is 8. The summed E-state index contributed by atoms with van der Waals surface area (Å²) in [4.78, 5) is 12.2. The molecule has 2 aromatic rings. The Kier molecular flexibility index (Phi) is 5.68. The Hall–Kier alpha value is -2.25. The summed E-state index contributed by atoms with van der Waals surface area (Å²) in [5, 5.41) is 2.80. The molecule has 0 heterocycles. The number of aryl methyl sites for hydroxylation is 1. The Morgan fingerprint density at radius 2 is 1.62 bits per heavy atom. The molecule has 26 heavy (non-hydrogen) atoms. The van der Waals surface area contributed by atoms with Gasteiger partial charge in [-0.2, -0.15) is 0 Å². The van der Waals surface area contributed by atoms with E-state index in [1.165, 1.54) is 12.1 Å². The zero-order valence-corrected chi connectivity index (χ0v) is 15.1. The Morgan fingerprint density at radius 3 is 2.23 bits per heavy atom. The Labute approximate surface area is 152 Å². The van der Waals surface area contributed by atoms with Gasteiger partial charge in [0.25, 0.3) is 0 Å². The van der Waals surface area contributed by atoms with E-state index < -0.39 is 10.0 Å². The van der Waals surface area contributed by atoms with Crippen LogP contribution in [0, 0.1) is 5.82 Å². The van der Waals surface area contributed by atoms with Crippen LogP contribution in [-0.2, 0) is 27.8 Å². The van der Waals surface area contributed by atoms with Crippen LogP contribution in [0.15, 0.2) is 53.4 Å². The number of halogens is 1. The molecule has 1 amide bonds. The zero-order chi connectivity index (χ0) is 18.6. The number of carbonyl (C=O) groups is 1. The first-order chi connectivity index (χ1) is 12.4. The van der Waals surface area contributed by atoms with Crippen LogP contribution in [0.2, 0.25) is 0 Å². The van der Waals surface area contributed by atoms with Gasteiger partial charge < -0.3 is 5.32 Å². The summed E-state index contributed by atoms with van der Waals surface area (Å²) in [5.41, 5.74) is 1.73. The van der Waals surface area contributed by atoms with Crippen molar-refractivity contribution in [2.24, 2.45) is 0 Å². The first-order valence-corrected chi connectivity index (χ1v) is 10.0. The maximum Gasteiger partial charge on any atom is 0.240 e. The van der Waals surface area contributed by atoms with Crippen molar-refractivity contribution in [1.29, 1.82) is 0 Å². The lowest BCUT2D eigenvalue weighted by molar-refractivity contribution is -0.121. The topological polar surface area (TPSA) is 75.3 Å². The molecule has 0 saturated heterocycles. The van der Waals surface area contributed by atoms with Crippen LogP contribution in [0.25, 0.3) is 0 Å². The van der Waals surface area contributed by atoms with E-state index in [9.17, 15) is 17.6 Å². The predicted molar refractivity (Wildman–Crippen MR) is 96.4 cm³/mol. The smallest absolute Gasteiger partial charge is 0.240 e. The van der Waals surface area contributed by atoms with Crippen LogP contribution in [0.5, 0.6) is 0 Å². The second-order valence-electron chi connectivity index (χ2n) is 6.44. The molecule has 0 aromatic heterocycles. The molecule has 1 aliphatic rings. The molecule has 0 aliphatic heterocycles. The van der Waals surface area contributed by atoms with E-state index in [1.54, 1.807) is 36.4 Å². The quantitative estimate of drug-likeness (QED) is 0.743. The third-order valence-corrected chi connectivity index (χ3v) is 5.71. The summed E-state index contributed by atoms with van der Waals surface area (Å²) in [7, 11) is -3.45. The number of amides is 1. The molecule has 1 saturated carbocycles. The molecule has 3 rings (SSSR count). The van der Waals surface area contributed by atoms with E-state index in [0.717, 1.165) is 24.0 Å². The molecule has 0 bridgehead atoms. The van der Waals surface area contributed by atoms with Gasteiger partial charge in [-0.3, -0.25) is 4.79 Å². The highest BCUT2D eigenvalue weighted by molar-refractivity contribution is 7.89. The number of hydrogen-bond acceptors (Lipinski definition) is 3. The van der Waals surface area contributed by atoms with Gasteiger partial charge in [-0.25, -0.2) is 17.5 Å². The minimum atomic E-state index is -3.45. The molecule has 2 N–H and O–H groups in total. The number of hydrogen-bond donors (Lipinski definition) is 2. The number of nitrogens with one attached hydrogen (secondary N) is 2. The van der Waals surface area contributed by atoms with E-state index in [-0.39, 0.29) is 22.7 Å². The van der Waals surface area contributed by atoms with Crippen molar-refractivity contribution >= 4 is 15.9 Å². The van der Waals surface area contributed by atoms with Gasteiger partial charge >= 0.3 is 0 Å². The highest BCUT2D eigenvalue weighted by Gasteiger charge is 2.27.